The molecule has 1 heterocycles. The van der Waals surface area contributed by atoms with Crippen molar-refractivity contribution in [3.05, 3.63) is 88.5 Å². The molecule has 7 nitrogen and oxygen atoms in total. The van der Waals surface area contributed by atoms with E-state index in [2.05, 4.69) is 0 Å². The molecular formula is C30H25NO6. The van der Waals surface area contributed by atoms with Gasteiger partial charge in [-0.25, -0.2) is 0 Å². The van der Waals surface area contributed by atoms with Gasteiger partial charge in [0.25, 0.3) is 0 Å². The van der Waals surface area contributed by atoms with Gasteiger partial charge < -0.3 is 9.84 Å². The lowest BCUT2D eigenvalue weighted by molar-refractivity contribution is -0.123. The number of phenolic OH excluding ortho intramolecular Hbond substituents is 1. The Kier molecular flexibility index (Phi) is 5.26. The number of para-hydroxylation sites is 1. The van der Waals surface area contributed by atoms with Gasteiger partial charge in [-0.05, 0) is 61.6 Å². The summed E-state index contributed by atoms with van der Waals surface area (Å²) in [7, 11) is 1.45. The third-order valence-corrected chi connectivity index (χ3v) is 8.11. The second-order valence-electron chi connectivity index (χ2n) is 10.0. The number of hydrogen-bond donors (Lipinski definition) is 1. The topological polar surface area (TPSA) is 101 Å². The maximum atomic E-state index is 13.8. The first-order valence-corrected chi connectivity index (χ1v) is 12.3. The summed E-state index contributed by atoms with van der Waals surface area (Å²) in [6, 6.07) is 13.8. The lowest BCUT2D eigenvalue weighted by atomic mass is 9.59. The molecule has 6 rings (SSSR count). The molecule has 0 saturated carbocycles. The number of hydrogen-bond acceptors (Lipinski definition) is 6. The lowest BCUT2D eigenvalue weighted by Gasteiger charge is -2.42. The zero-order valence-corrected chi connectivity index (χ0v) is 20.4. The van der Waals surface area contributed by atoms with E-state index >= 15 is 0 Å². The number of nitrogens with zero attached hydrogens (tertiary/aromatic N) is 1. The normalized spacial score (nSPS) is 26.9. The molecule has 1 N–H and O–H groups in total. The Morgan fingerprint density at radius 1 is 0.973 bits per heavy atom. The van der Waals surface area contributed by atoms with Crippen molar-refractivity contribution in [2.75, 3.05) is 12.0 Å². The third-order valence-electron chi connectivity index (χ3n) is 8.11. The van der Waals surface area contributed by atoms with Gasteiger partial charge >= 0.3 is 0 Å². The average molecular weight is 496 g/mol. The van der Waals surface area contributed by atoms with Crippen LogP contribution in [0.25, 0.3) is 0 Å². The molecule has 1 aliphatic heterocycles. The Hall–Kier alpha value is -4.26. The Morgan fingerprint density at radius 3 is 2.43 bits per heavy atom. The molecule has 2 aromatic rings. The first-order valence-electron chi connectivity index (χ1n) is 12.3. The van der Waals surface area contributed by atoms with Crippen molar-refractivity contribution in [1.29, 1.82) is 0 Å². The fraction of sp³-hybridized carbons (Fsp3) is 0.267. The standard InChI is InChI=1S/C30H25NO6/c1-15-12-23(33)27-21(28(15)34)14-20-18(25(27)16-8-11-24(37-2)22(32)13-16)9-10-19-26(20)30(36)31(29(19)35)17-6-4-3-5-7-17/h3-9,11-13,19-20,25-26,32H,10,14H2,1-2H3/t19-,20+,25-,26-/m0/s1. The Labute approximate surface area is 213 Å². The molecule has 186 valence electrons. The van der Waals surface area contributed by atoms with Gasteiger partial charge in [0.15, 0.2) is 23.1 Å². The molecule has 1 fully saturated rings. The lowest BCUT2D eigenvalue weighted by Crippen LogP contribution is -2.39. The number of fused-ring (bicyclic) bond motifs is 3. The molecule has 0 spiro atoms. The fourth-order valence-electron chi connectivity index (χ4n) is 6.48. The average Bonchev–Trinajstić information content (AvgIpc) is 3.16. The summed E-state index contributed by atoms with van der Waals surface area (Å²) < 4.78 is 5.19. The maximum Gasteiger partial charge on any atom is 0.238 e. The number of ketones is 2. The molecule has 0 aromatic heterocycles. The molecule has 0 radical (unpaired) electrons. The van der Waals surface area contributed by atoms with Crippen LogP contribution < -0.4 is 9.64 Å². The molecule has 37 heavy (non-hydrogen) atoms. The molecular weight excluding hydrogens is 470 g/mol. The van der Waals surface area contributed by atoms with Crippen LogP contribution in [-0.4, -0.2) is 35.6 Å². The minimum atomic E-state index is -0.634. The van der Waals surface area contributed by atoms with E-state index in [4.69, 9.17) is 4.74 Å². The van der Waals surface area contributed by atoms with E-state index in [1.165, 1.54) is 18.1 Å². The minimum Gasteiger partial charge on any atom is -0.504 e. The number of aromatic hydroxyl groups is 1. The number of anilines is 1. The largest absolute Gasteiger partial charge is 0.504 e. The second-order valence-corrected chi connectivity index (χ2v) is 10.0. The molecule has 0 bridgehead atoms. The first kappa shape index (κ1) is 23.2. The molecule has 1 saturated heterocycles. The van der Waals surface area contributed by atoms with Crippen LogP contribution >= 0.6 is 0 Å². The first-order chi connectivity index (χ1) is 17.8. The van der Waals surface area contributed by atoms with Gasteiger partial charge in [-0.2, -0.15) is 0 Å². The number of methoxy groups -OCH3 is 1. The maximum absolute atomic E-state index is 13.8. The predicted octanol–water partition coefficient (Wildman–Crippen LogP) is 4.03. The number of amides is 2. The molecule has 2 aromatic carbocycles. The van der Waals surface area contributed by atoms with Crippen LogP contribution in [0.15, 0.2) is 83.0 Å². The molecule has 7 heteroatoms. The number of phenols is 1. The van der Waals surface area contributed by atoms with E-state index < -0.39 is 23.7 Å². The fourth-order valence-corrected chi connectivity index (χ4v) is 6.48. The van der Waals surface area contributed by atoms with E-state index in [1.807, 2.05) is 12.1 Å². The van der Waals surface area contributed by atoms with Crippen molar-refractivity contribution in [1.82, 2.24) is 0 Å². The Bertz CT molecular complexity index is 1480. The molecule has 0 unspecified atom stereocenters. The van der Waals surface area contributed by atoms with Gasteiger partial charge in [-0.3, -0.25) is 24.1 Å². The van der Waals surface area contributed by atoms with Crippen molar-refractivity contribution in [2.45, 2.75) is 25.7 Å². The predicted molar refractivity (Wildman–Crippen MR) is 135 cm³/mol. The van der Waals surface area contributed by atoms with Gasteiger partial charge in [-0.15, -0.1) is 0 Å². The zero-order chi connectivity index (χ0) is 26.0. The molecule has 2 amide bonds. The van der Waals surface area contributed by atoms with Crippen molar-refractivity contribution in [2.24, 2.45) is 17.8 Å². The van der Waals surface area contributed by atoms with E-state index in [-0.39, 0.29) is 35.6 Å². The highest BCUT2D eigenvalue weighted by Gasteiger charge is 2.56. The van der Waals surface area contributed by atoms with Gasteiger partial charge in [0, 0.05) is 22.6 Å². The number of ether oxygens (including phenoxy) is 1. The van der Waals surface area contributed by atoms with E-state index in [0.717, 1.165) is 5.57 Å². The highest BCUT2D eigenvalue weighted by molar-refractivity contribution is 6.25. The number of allylic oxidation sites excluding steroid dienone is 6. The van der Waals surface area contributed by atoms with Crippen LogP contribution in [0.5, 0.6) is 11.5 Å². The van der Waals surface area contributed by atoms with Crippen LogP contribution in [0.4, 0.5) is 5.69 Å². The van der Waals surface area contributed by atoms with E-state index in [0.29, 0.717) is 40.1 Å². The quantitative estimate of drug-likeness (QED) is 0.392. The molecule has 4 aliphatic rings. The number of carbonyl (C=O) groups excluding carboxylic acids is 4. The SMILES string of the molecule is COc1ccc([C@H]2C3=CC[C@@H]4C(=O)N(c5ccccc5)C(=O)[C@@H]4[C@@H]3CC3=C2C(=O)C=C(C)C3=O)cc1O. The smallest absolute Gasteiger partial charge is 0.238 e. The minimum absolute atomic E-state index is 0.0813. The number of rotatable bonds is 3. The molecule has 3 aliphatic carbocycles. The summed E-state index contributed by atoms with van der Waals surface area (Å²) in [4.78, 5) is 55.1. The van der Waals surface area contributed by atoms with Gasteiger partial charge in [0.05, 0.1) is 24.6 Å². The van der Waals surface area contributed by atoms with Gasteiger partial charge in [0.2, 0.25) is 11.8 Å². The van der Waals surface area contributed by atoms with Crippen LogP contribution in [0.1, 0.15) is 31.2 Å². The number of Topliss-reactive ketones (excluding diaryl/α,β-unsaturated/α-hetero) is 1. The summed E-state index contributed by atoms with van der Waals surface area (Å²) in [5, 5.41) is 10.5. The van der Waals surface area contributed by atoms with Crippen LogP contribution in [0, 0.1) is 17.8 Å². The van der Waals surface area contributed by atoms with Crippen LogP contribution in [-0.2, 0) is 19.2 Å². The summed E-state index contributed by atoms with van der Waals surface area (Å²) in [5.74, 6) is -2.95. The second kappa shape index (κ2) is 8.40. The zero-order valence-electron chi connectivity index (χ0n) is 20.4. The highest BCUT2D eigenvalue weighted by atomic mass is 16.5. The van der Waals surface area contributed by atoms with Crippen molar-refractivity contribution in [3.8, 4) is 11.5 Å². The summed E-state index contributed by atoms with van der Waals surface area (Å²) in [5.41, 5.74) is 3.15. The summed E-state index contributed by atoms with van der Waals surface area (Å²) >= 11 is 0. The number of imide groups is 1. The molecule has 4 atom stereocenters. The third kappa shape index (κ3) is 3.34. The van der Waals surface area contributed by atoms with Crippen molar-refractivity contribution in [3.63, 3.8) is 0 Å². The van der Waals surface area contributed by atoms with Gasteiger partial charge in [-0.1, -0.05) is 35.9 Å². The van der Waals surface area contributed by atoms with Crippen LogP contribution in [0.3, 0.4) is 0 Å². The van der Waals surface area contributed by atoms with Crippen molar-refractivity contribution >= 4 is 29.1 Å². The summed E-state index contributed by atoms with van der Waals surface area (Å²) in [6.07, 6.45) is 3.91. The highest BCUT2D eigenvalue weighted by Crippen LogP contribution is 2.55. The number of benzene rings is 2. The Morgan fingerprint density at radius 2 is 1.73 bits per heavy atom. The Balaban J connectivity index is 1.50. The number of carbonyl (C=O) groups is 4. The van der Waals surface area contributed by atoms with E-state index in [9.17, 15) is 24.3 Å². The van der Waals surface area contributed by atoms with E-state index in [1.54, 1.807) is 49.4 Å². The summed E-state index contributed by atoms with van der Waals surface area (Å²) in [6.45, 7) is 1.62. The van der Waals surface area contributed by atoms with Crippen LogP contribution in [0.2, 0.25) is 0 Å². The monoisotopic (exact) mass is 495 g/mol. The van der Waals surface area contributed by atoms with Gasteiger partial charge in [0.1, 0.15) is 0 Å². The van der Waals surface area contributed by atoms with Crippen molar-refractivity contribution < 1.29 is 29.0 Å².